The normalized spacial score (nSPS) is 10.6. The van der Waals surface area contributed by atoms with Crippen LogP contribution in [0.3, 0.4) is 0 Å². The third kappa shape index (κ3) is 3.96. The fourth-order valence-electron chi connectivity index (χ4n) is 2.32. The fraction of sp³-hybridized carbons (Fsp3) is 0.188. The van der Waals surface area contributed by atoms with Crippen molar-refractivity contribution in [3.8, 4) is 11.4 Å². The van der Waals surface area contributed by atoms with Gasteiger partial charge in [-0.1, -0.05) is 12.1 Å². The molecule has 2 N–H and O–H groups in total. The molecule has 1 aromatic carbocycles. The second-order valence-corrected chi connectivity index (χ2v) is 5.37. The Morgan fingerprint density at radius 2 is 2.16 bits per heavy atom. The van der Waals surface area contributed by atoms with Crippen molar-refractivity contribution in [3.05, 3.63) is 58.5 Å². The second kappa shape index (κ2) is 7.05. The number of hydrogen-bond donors (Lipinski definition) is 2. The fourth-order valence-corrected chi connectivity index (χ4v) is 2.32. The van der Waals surface area contributed by atoms with E-state index in [1.807, 2.05) is 6.92 Å². The number of hydrogen-bond acceptors (Lipinski definition) is 7. The van der Waals surface area contributed by atoms with Gasteiger partial charge in [0, 0.05) is 35.7 Å². The van der Waals surface area contributed by atoms with Gasteiger partial charge in [-0.05, 0) is 6.92 Å². The third-order valence-electron chi connectivity index (χ3n) is 3.40. The smallest absolute Gasteiger partial charge is 0.270 e. The van der Waals surface area contributed by atoms with Crippen molar-refractivity contribution < 1.29 is 10.0 Å². The van der Waals surface area contributed by atoms with Crippen LogP contribution in [0, 0.1) is 17.0 Å². The number of non-ortho nitro benzene ring substituents is 1. The molecule has 0 atom stereocenters. The van der Waals surface area contributed by atoms with Crippen molar-refractivity contribution in [2.24, 2.45) is 0 Å². The molecule has 0 spiro atoms. The third-order valence-corrected chi connectivity index (χ3v) is 3.40. The number of rotatable bonds is 6. The maximum Gasteiger partial charge on any atom is 0.270 e. The average molecular weight is 340 g/mol. The van der Waals surface area contributed by atoms with Crippen LogP contribution in [0.4, 0.5) is 17.2 Å². The van der Waals surface area contributed by atoms with Crippen LogP contribution in [0.15, 0.2) is 42.7 Å². The molecule has 128 valence electrons. The molecule has 9 heteroatoms. The first-order valence-corrected chi connectivity index (χ1v) is 7.56. The molecule has 0 aliphatic rings. The molecule has 0 unspecified atom stereocenters. The molecule has 0 saturated heterocycles. The molecular weight excluding hydrogens is 324 g/mol. The Morgan fingerprint density at radius 3 is 2.92 bits per heavy atom. The number of nitrogens with one attached hydrogen (secondary N) is 1. The molecule has 25 heavy (non-hydrogen) atoms. The lowest BCUT2D eigenvalue weighted by atomic mass is 10.2. The van der Waals surface area contributed by atoms with E-state index in [2.05, 4.69) is 20.4 Å². The van der Waals surface area contributed by atoms with E-state index in [1.54, 1.807) is 35.3 Å². The lowest BCUT2D eigenvalue weighted by Gasteiger charge is -2.07. The Kier molecular flexibility index (Phi) is 4.66. The standard InChI is InChI=1S/C16H16N6O3/c1-11-7-15(19-13-9-17-21(10-13)5-6-23)20-16(18-11)12-3-2-4-14(8-12)22(24)25/h2-4,7-10,23H,5-6H2,1H3,(H,18,19,20). The first kappa shape index (κ1) is 16.5. The van der Waals surface area contributed by atoms with Crippen LogP contribution in [0.25, 0.3) is 11.4 Å². The molecule has 0 aliphatic heterocycles. The molecule has 3 aromatic rings. The van der Waals surface area contributed by atoms with Gasteiger partial charge in [0.1, 0.15) is 5.82 Å². The van der Waals surface area contributed by atoms with Crippen LogP contribution in [0.2, 0.25) is 0 Å². The second-order valence-electron chi connectivity index (χ2n) is 5.37. The summed E-state index contributed by atoms with van der Waals surface area (Å²) >= 11 is 0. The summed E-state index contributed by atoms with van der Waals surface area (Å²) in [6.07, 6.45) is 3.38. The van der Waals surface area contributed by atoms with Gasteiger partial charge in [0.05, 0.1) is 30.0 Å². The molecule has 9 nitrogen and oxygen atoms in total. The maximum absolute atomic E-state index is 10.9. The predicted molar refractivity (Wildman–Crippen MR) is 91.5 cm³/mol. The Bertz CT molecular complexity index is 908. The van der Waals surface area contributed by atoms with Gasteiger partial charge in [-0.25, -0.2) is 9.97 Å². The minimum atomic E-state index is -0.450. The molecule has 3 rings (SSSR count). The molecule has 0 bridgehead atoms. The number of aromatic nitrogens is 4. The summed E-state index contributed by atoms with van der Waals surface area (Å²) in [7, 11) is 0. The van der Waals surface area contributed by atoms with Gasteiger partial charge < -0.3 is 10.4 Å². The van der Waals surface area contributed by atoms with E-state index in [-0.39, 0.29) is 12.3 Å². The van der Waals surface area contributed by atoms with E-state index in [1.165, 1.54) is 12.1 Å². The number of nitrogens with zero attached hydrogens (tertiary/aromatic N) is 5. The summed E-state index contributed by atoms with van der Waals surface area (Å²) in [5.74, 6) is 0.950. The lowest BCUT2D eigenvalue weighted by molar-refractivity contribution is -0.384. The van der Waals surface area contributed by atoms with E-state index in [0.717, 1.165) is 11.4 Å². The van der Waals surface area contributed by atoms with Crippen molar-refractivity contribution in [1.82, 2.24) is 19.7 Å². The van der Waals surface area contributed by atoms with Gasteiger partial charge >= 0.3 is 0 Å². The summed E-state index contributed by atoms with van der Waals surface area (Å²) < 4.78 is 1.61. The van der Waals surface area contributed by atoms with Crippen LogP contribution < -0.4 is 5.32 Å². The highest BCUT2D eigenvalue weighted by Crippen LogP contribution is 2.23. The molecule has 0 radical (unpaired) electrons. The van der Waals surface area contributed by atoms with Gasteiger partial charge in [-0.15, -0.1) is 0 Å². The largest absolute Gasteiger partial charge is 0.394 e. The summed E-state index contributed by atoms with van der Waals surface area (Å²) in [4.78, 5) is 19.3. The van der Waals surface area contributed by atoms with E-state index >= 15 is 0 Å². The van der Waals surface area contributed by atoms with Crippen molar-refractivity contribution in [2.45, 2.75) is 13.5 Å². The number of benzene rings is 1. The zero-order valence-electron chi connectivity index (χ0n) is 13.5. The van der Waals surface area contributed by atoms with Gasteiger partial charge in [-0.2, -0.15) is 5.10 Å². The number of aliphatic hydroxyl groups excluding tert-OH is 1. The SMILES string of the molecule is Cc1cc(Nc2cnn(CCO)c2)nc(-c2cccc([N+](=O)[O-])c2)n1. The predicted octanol–water partition coefficient (Wildman–Crippen LogP) is 2.29. The van der Waals surface area contributed by atoms with Crippen molar-refractivity contribution in [2.75, 3.05) is 11.9 Å². The number of anilines is 2. The van der Waals surface area contributed by atoms with Crippen LogP contribution in [-0.4, -0.2) is 36.4 Å². The summed E-state index contributed by atoms with van der Waals surface area (Å²) in [6.45, 7) is 2.23. The quantitative estimate of drug-likeness (QED) is 0.522. The number of nitro benzene ring substituents is 1. The first-order chi connectivity index (χ1) is 12.0. The Balaban J connectivity index is 1.89. The van der Waals surface area contributed by atoms with E-state index in [4.69, 9.17) is 5.11 Å². The highest BCUT2D eigenvalue weighted by molar-refractivity contribution is 5.63. The highest BCUT2D eigenvalue weighted by Gasteiger charge is 2.11. The van der Waals surface area contributed by atoms with Crippen LogP contribution in [-0.2, 0) is 6.54 Å². The van der Waals surface area contributed by atoms with Gasteiger partial charge in [0.25, 0.3) is 5.69 Å². The average Bonchev–Trinajstić information content (AvgIpc) is 3.02. The van der Waals surface area contributed by atoms with E-state index in [0.29, 0.717) is 23.8 Å². The zero-order valence-corrected chi connectivity index (χ0v) is 13.5. The van der Waals surface area contributed by atoms with Crippen LogP contribution in [0.5, 0.6) is 0 Å². The molecular formula is C16H16N6O3. The van der Waals surface area contributed by atoms with Gasteiger partial charge in [-0.3, -0.25) is 14.8 Å². The van der Waals surface area contributed by atoms with E-state index < -0.39 is 4.92 Å². The van der Waals surface area contributed by atoms with Crippen LogP contribution >= 0.6 is 0 Å². The molecule has 2 heterocycles. The number of nitro groups is 1. The van der Waals surface area contributed by atoms with Gasteiger partial charge in [0.2, 0.25) is 0 Å². The summed E-state index contributed by atoms with van der Waals surface area (Å²) in [6, 6.07) is 7.96. The van der Waals surface area contributed by atoms with E-state index in [9.17, 15) is 10.1 Å². The zero-order chi connectivity index (χ0) is 17.8. The lowest BCUT2D eigenvalue weighted by Crippen LogP contribution is -2.02. The maximum atomic E-state index is 10.9. The molecule has 0 aliphatic carbocycles. The molecule has 0 amide bonds. The molecule has 0 saturated carbocycles. The minimum Gasteiger partial charge on any atom is -0.394 e. The summed E-state index contributed by atoms with van der Waals surface area (Å²) in [5.41, 5.74) is 2.00. The van der Waals surface area contributed by atoms with Crippen molar-refractivity contribution in [3.63, 3.8) is 0 Å². The van der Waals surface area contributed by atoms with Gasteiger partial charge in [0.15, 0.2) is 5.82 Å². The minimum absolute atomic E-state index is 0.00463. The van der Waals surface area contributed by atoms with Crippen LogP contribution in [0.1, 0.15) is 5.69 Å². The van der Waals surface area contributed by atoms with Crippen molar-refractivity contribution in [1.29, 1.82) is 0 Å². The number of aliphatic hydroxyl groups is 1. The topological polar surface area (TPSA) is 119 Å². The van der Waals surface area contributed by atoms with Crippen molar-refractivity contribution >= 4 is 17.2 Å². The molecule has 0 fully saturated rings. The Morgan fingerprint density at radius 1 is 1.32 bits per heavy atom. The Labute approximate surface area is 143 Å². The Hall–Kier alpha value is -3.33. The summed E-state index contributed by atoms with van der Waals surface area (Å²) in [5, 5.41) is 27.1. The molecule has 2 aromatic heterocycles. The monoisotopic (exact) mass is 340 g/mol. The highest BCUT2D eigenvalue weighted by atomic mass is 16.6. The first-order valence-electron chi connectivity index (χ1n) is 7.56. The number of aryl methyl sites for hydroxylation is 1.